The third-order valence-electron chi connectivity index (χ3n) is 6.38. The monoisotopic (exact) mass is 553 g/mol. The molecule has 0 spiro atoms. The number of ether oxygens (including phenoxy) is 3. The molecule has 0 saturated heterocycles. The first kappa shape index (κ1) is 26.5. The quantitative estimate of drug-likeness (QED) is 0.257. The van der Waals surface area contributed by atoms with Crippen LogP contribution in [0, 0.1) is 0 Å². The maximum atomic E-state index is 13.0. The number of methoxy groups -OCH3 is 2. The van der Waals surface area contributed by atoms with Crippen molar-refractivity contribution in [1.82, 2.24) is 25.0 Å². The Kier molecular flexibility index (Phi) is 6.94. The SMILES string of the molecule is COC(=O)CC1c2[nH]c3ccc(-c4noc(-c5cc(Cl)nc(OC)c5)n4)cc3c2CCN1C(=O)OC(C)(C)C. The standard InChI is InChI=1S/C27H28ClN5O6/c1-27(2,3)38-26(35)33-9-8-16-17-10-14(6-7-18(17)29-23(16)19(33)13-22(34)37-5)24-31-25(39-32-24)15-11-20(28)30-21(12-15)36-4/h6-7,10-12,19,29H,8-9,13H2,1-5H3. The fraction of sp³-hybridized carbons (Fsp3) is 0.370. The summed E-state index contributed by atoms with van der Waals surface area (Å²) in [5.74, 6) is 0.577. The molecule has 0 radical (unpaired) electrons. The maximum absolute atomic E-state index is 13.0. The highest BCUT2D eigenvalue weighted by atomic mass is 35.5. The average Bonchev–Trinajstić information content (AvgIpc) is 3.52. The molecule has 1 atom stereocenters. The molecule has 5 rings (SSSR count). The highest BCUT2D eigenvalue weighted by Crippen LogP contribution is 2.38. The fourth-order valence-corrected chi connectivity index (χ4v) is 4.86. The van der Waals surface area contributed by atoms with Gasteiger partial charge in [0.1, 0.15) is 10.8 Å². The number of carbonyl (C=O) groups is 2. The second-order valence-electron chi connectivity index (χ2n) is 10.1. The summed E-state index contributed by atoms with van der Waals surface area (Å²) in [6, 6.07) is 8.48. The van der Waals surface area contributed by atoms with E-state index in [1.54, 1.807) is 17.0 Å². The number of hydrogen-bond donors (Lipinski definition) is 1. The van der Waals surface area contributed by atoms with Gasteiger partial charge in [-0.05, 0) is 57.0 Å². The molecule has 0 bridgehead atoms. The lowest BCUT2D eigenvalue weighted by Crippen LogP contribution is -2.43. The first-order valence-corrected chi connectivity index (χ1v) is 12.7. The van der Waals surface area contributed by atoms with Crippen molar-refractivity contribution in [2.45, 2.75) is 45.3 Å². The van der Waals surface area contributed by atoms with Crippen molar-refractivity contribution >= 4 is 34.6 Å². The van der Waals surface area contributed by atoms with Crippen LogP contribution in [0.4, 0.5) is 4.79 Å². The van der Waals surface area contributed by atoms with Crippen molar-refractivity contribution < 1.29 is 28.3 Å². The number of aromatic nitrogens is 4. The van der Waals surface area contributed by atoms with E-state index in [2.05, 4.69) is 20.1 Å². The molecule has 1 aliphatic rings. The summed E-state index contributed by atoms with van der Waals surface area (Å²) in [5.41, 5.74) is 3.30. The lowest BCUT2D eigenvalue weighted by Gasteiger charge is -2.36. The summed E-state index contributed by atoms with van der Waals surface area (Å²) >= 11 is 6.09. The van der Waals surface area contributed by atoms with Crippen LogP contribution >= 0.6 is 11.6 Å². The third-order valence-corrected chi connectivity index (χ3v) is 6.57. The van der Waals surface area contributed by atoms with Crippen LogP contribution in [0.3, 0.4) is 0 Å². The molecule has 12 heteroatoms. The minimum absolute atomic E-state index is 0.00538. The number of H-pyrrole nitrogens is 1. The number of halogens is 1. The van der Waals surface area contributed by atoms with Gasteiger partial charge in [-0.25, -0.2) is 9.78 Å². The van der Waals surface area contributed by atoms with E-state index in [4.69, 9.17) is 30.3 Å². The highest BCUT2D eigenvalue weighted by Gasteiger charge is 2.37. The minimum Gasteiger partial charge on any atom is -0.481 e. The summed E-state index contributed by atoms with van der Waals surface area (Å²) < 4.78 is 21.2. The van der Waals surface area contributed by atoms with Gasteiger partial charge < -0.3 is 23.7 Å². The zero-order chi connectivity index (χ0) is 27.9. The van der Waals surface area contributed by atoms with Crippen LogP contribution in [0.1, 0.15) is 44.5 Å². The molecule has 1 amide bonds. The van der Waals surface area contributed by atoms with Crippen molar-refractivity contribution in [1.29, 1.82) is 0 Å². The van der Waals surface area contributed by atoms with Gasteiger partial charge in [-0.2, -0.15) is 4.98 Å². The normalized spacial score (nSPS) is 15.2. The van der Waals surface area contributed by atoms with Crippen LogP contribution in [0.25, 0.3) is 33.7 Å². The lowest BCUT2D eigenvalue weighted by molar-refractivity contribution is -0.142. The number of esters is 1. The van der Waals surface area contributed by atoms with E-state index in [0.717, 1.165) is 27.7 Å². The van der Waals surface area contributed by atoms with E-state index in [1.165, 1.54) is 14.2 Å². The Bertz CT molecular complexity index is 1560. The minimum atomic E-state index is -0.668. The van der Waals surface area contributed by atoms with Crippen molar-refractivity contribution in [2.24, 2.45) is 0 Å². The molecule has 39 heavy (non-hydrogen) atoms. The lowest BCUT2D eigenvalue weighted by atomic mass is 9.95. The van der Waals surface area contributed by atoms with Gasteiger partial charge >= 0.3 is 12.1 Å². The molecular formula is C27H28ClN5O6. The van der Waals surface area contributed by atoms with E-state index < -0.39 is 23.7 Å². The number of nitrogens with zero attached hydrogens (tertiary/aromatic N) is 4. The Morgan fingerprint density at radius 1 is 1.15 bits per heavy atom. The molecule has 3 aromatic heterocycles. The number of fused-ring (bicyclic) bond motifs is 3. The molecule has 1 N–H and O–H groups in total. The summed E-state index contributed by atoms with van der Waals surface area (Å²) in [7, 11) is 2.83. The maximum Gasteiger partial charge on any atom is 0.410 e. The van der Waals surface area contributed by atoms with E-state index >= 15 is 0 Å². The van der Waals surface area contributed by atoms with Gasteiger partial charge in [0.2, 0.25) is 11.7 Å². The van der Waals surface area contributed by atoms with E-state index in [-0.39, 0.29) is 17.5 Å². The smallest absolute Gasteiger partial charge is 0.410 e. The second-order valence-corrected chi connectivity index (χ2v) is 10.5. The highest BCUT2D eigenvalue weighted by molar-refractivity contribution is 6.29. The van der Waals surface area contributed by atoms with Gasteiger partial charge in [0.15, 0.2) is 0 Å². The van der Waals surface area contributed by atoms with Gasteiger partial charge in [0.05, 0.1) is 26.7 Å². The van der Waals surface area contributed by atoms with Crippen LogP contribution in [0.15, 0.2) is 34.9 Å². The summed E-state index contributed by atoms with van der Waals surface area (Å²) in [5, 5.41) is 5.34. The van der Waals surface area contributed by atoms with Crippen molar-refractivity contribution in [3.05, 3.63) is 46.7 Å². The van der Waals surface area contributed by atoms with Crippen molar-refractivity contribution in [3.63, 3.8) is 0 Å². The molecular weight excluding hydrogens is 526 g/mol. The molecule has 1 aliphatic heterocycles. The van der Waals surface area contributed by atoms with Crippen molar-refractivity contribution in [2.75, 3.05) is 20.8 Å². The zero-order valence-corrected chi connectivity index (χ0v) is 23.0. The fourth-order valence-electron chi connectivity index (χ4n) is 4.66. The predicted octanol–water partition coefficient (Wildman–Crippen LogP) is 5.34. The zero-order valence-electron chi connectivity index (χ0n) is 22.2. The Labute approximate surface area is 229 Å². The molecule has 11 nitrogen and oxygen atoms in total. The molecule has 1 unspecified atom stereocenters. The van der Waals surface area contributed by atoms with Gasteiger partial charge in [-0.15, -0.1) is 0 Å². The number of pyridine rings is 1. The average molecular weight is 554 g/mol. The topological polar surface area (TPSA) is 133 Å². The Morgan fingerprint density at radius 2 is 1.95 bits per heavy atom. The number of nitrogens with one attached hydrogen (secondary N) is 1. The molecule has 0 fully saturated rings. The van der Waals surface area contributed by atoms with Crippen LogP contribution < -0.4 is 4.74 Å². The van der Waals surface area contributed by atoms with Crippen LogP contribution in [-0.2, 0) is 20.7 Å². The molecule has 4 heterocycles. The Balaban J connectivity index is 1.50. The first-order chi connectivity index (χ1) is 18.6. The van der Waals surface area contributed by atoms with E-state index in [0.29, 0.717) is 30.2 Å². The van der Waals surface area contributed by atoms with Crippen LogP contribution in [0.5, 0.6) is 5.88 Å². The number of aromatic amines is 1. The summed E-state index contributed by atoms with van der Waals surface area (Å²) in [4.78, 5) is 39.0. The van der Waals surface area contributed by atoms with Gasteiger partial charge in [-0.3, -0.25) is 9.69 Å². The number of rotatable bonds is 5. The first-order valence-electron chi connectivity index (χ1n) is 12.3. The molecule has 0 saturated carbocycles. The van der Waals surface area contributed by atoms with Crippen molar-refractivity contribution in [3.8, 4) is 28.7 Å². The van der Waals surface area contributed by atoms with Gasteiger partial charge in [-0.1, -0.05) is 16.8 Å². The van der Waals surface area contributed by atoms with E-state index in [1.807, 2.05) is 39.0 Å². The number of hydrogen-bond acceptors (Lipinski definition) is 9. The Hall–Kier alpha value is -4.12. The second kappa shape index (κ2) is 10.2. The van der Waals surface area contributed by atoms with Gasteiger partial charge in [0, 0.05) is 40.3 Å². The molecule has 1 aromatic carbocycles. The molecule has 0 aliphatic carbocycles. The van der Waals surface area contributed by atoms with Gasteiger partial charge in [0.25, 0.3) is 5.89 Å². The molecule has 204 valence electrons. The largest absolute Gasteiger partial charge is 0.481 e. The van der Waals surface area contributed by atoms with E-state index in [9.17, 15) is 9.59 Å². The summed E-state index contributed by atoms with van der Waals surface area (Å²) in [6.45, 7) is 5.81. The number of amides is 1. The Morgan fingerprint density at radius 3 is 2.67 bits per heavy atom. The summed E-state index contributed by atoms with van der Waals surface area (Å²) in [6.07, 6.45) is 0.0884. The van der Waals surface area contributed by atoms with Crippen LogP contribution in [0.2, 0.25) is 5.15 Å². The third kappa shape index (κ3) is 5.40. The number of carbonyl (C=O) groups excluding carboxylic acids is 2. The molecule has 4 aromatic rings. The number of benzene rings is 1. The van der Waals surface area contributed by atoms with Crippen LogP contribution in [-0.4, -0.2) is 63.4 Å². The predicted molar refractivity (Wildman–Crippen MR) is 142 cm³/mol.